The Morgan fingerprint density at radius 2 is 1.94 bits per heavy atom. The fourth-order valence-electron chi connectivity index (χ4n) is 1.91. The second-order valence-corrected chi connectivity index (χ2v) is 4.62. The first-order valence-electron chi connectivity index (χ1n) is 5.09. The molecule has 1 atom stereocenters. The summed E-state index contributed by atoms with van der Waals surface area (Å²) in [5.74, 6) is 0. The largest absolute Gasteiger partial charge is 0.369 e. The summed E-state index contributed by atoms with van der Waals surface area (Å²) in [4.78, 5) is 1.86. The van der Waals surface area contributed by atoms with Gasteiger partial charge in [-0.05, 0) is 30.7 Å². The van der Waals surface area contributed by atoms with Gasteiger partial charge in [-0.15, -0.1) is 0 Å². The lowest BCUT2D eigenvalue weighted by molar-refractivity contribution is 0.0655. The highest BCUT2D eigenvalue weighted by Crippen LogP contribution is 2.29. The van der Waals surface area contributed by atoms with E-state index in [0.29, 0.717) is 18.0 Å². The van der Waals surface area contributed by atoms with Crippen LogP contribution >= 0.6 is 11.6 Å². The van der Waals surface area contributed by atoms with E-state index < -0.39 is 12.0 Å². The molecule has 0 aromatic heterocycles. The number of nitrogens with two attached hydrogens (primary N) is 1. The molecule has 1 aliphatic heterocycles. The summed E-state index contributed by atoms with van der Waals surface area (Å²) in [7, 11) is 0. The molecule has 16 heavy (non-hydrogen) atoms. The van der Waals surface area contributed by atoms with Crippen molar-refractivity contribution in [1.29, 1.82) is 0 Å². The molecule has 88 valence electrons. The highest BCUT2D eigenvalue weighted by atomic mass is 35.5. The SMILES string of the molecule is NC1(C(F)F)CCN(c2ccc(Cl)cc2)C1. The standard InChI is InChI=1S/C11H13ClF2N2/c12-8-1-3-9(4-2-8)16-6-5-11(15,7-16)10(13)14/h1-4,10H,5-7,15H2. The molecular weight excluding hydrogens is 234 g/mol. The van der Waals surface area contributed by atoms with Crippen molar-refractivity contribution in [2.24, 2.45) is 5.73 Å². The minimum absolute atomic E-state index is 0.187. The predicted molar refractivity (Wildman–Crippen MR) is 61.2 cm³/mol. The number of benzene rings is 1. The van der Waals surface area contributed by atoms with Gasteiger partial charge in [-0.3, -0.25) is 0 Å². The van der Waals surface area contributed by atoms with Gasteiger partial charge >= 0.3 is 0 Å². The summed E-state index contributed by atoms with van der Waals surface area (Å²) in [6, 6.07) is 7.13. The van der Waals surface area contributed by atoms with Crippen LogP contribution in [0.25, 0.3) is 0 Å². The first kappa shape index (κ1) is 11.6. The molecule has 2 N–H and O–H groups in total. The van der Waals surface area contributed by atoms with Crippen LogP contribution in [0.3, 0.4) is 0 Å². The van der Waals surface area contributed by atoms with Gasteiger partial charge in [-0.1, -0.05) is 11.6 Å². The Kier molecular flexibility index (Phi) is 3.04. The minimum atomic E-state index is -2.48. The first-order valence-corrected chi connectivity index (χ1v) is 5.47. The molecule has 0 spiro atoms. The Hall–Kier alpha value is -0.870. The second kappa shape index (κ2) is 4.18. The zero-order chi connectivity index (χ0) is 11.8. The normalized spacial score (nSPS) is 25.4. The third-order valence-corrected chi connectivity index (χ3v) is 3.21. The van der Waals surface area contributed by atoms with Gasteiger partial charge in [0, 0.05) is 23.8 Å². The molecule has 0 radical (unpaired) electrons. The van der Waals surface area contributed by atoms with Crippen LogP contribution in [0.5, 0.6) is 0 Å². The van der Waals surface area contributed by atoms with Gasteiger partial charge in [0.05, 0.1) is 5.54 Å². The van der Waals surface area contributed by atoms with Crippen LogP contribution in [-0.4, -0.2) is 25.1 Å². The van der Waals surface area contributed by atoms with E-state index in [-0.39, 0.29) is 6.54 Å². The van der Waals surface area contributed by atoms with Crippen LogP contribution in [0.2, 0.25) is 5.02 Å². The zero-order valence-corrected chi connectivity index (χ0v) is 9.42. The average molecular weight is 247 g/mol. The van der Waals surface area contributed by atoms with Crippen molar-refractivity contribution >= 4 is 17.3 Å². The van der Waals surface area contributed by atoms with E-state index >= 15 is 0 Å². The van der Waals surface area contributed by atoms with Gasteiger partial charge in [0.15, 0.2) is 0 Å². The van der Waals surface area contributed by atoms with Crippen molar-refractivity contribution in [2.75, 3.05) is 18.0 Å². The van der Waals surface area contributed by atoms with Crippen molar-refractivity contribution in [1.82, 2.24) is 0 Å². The molecule has 0 saturated carbocycles. The Balaban J connectivity index is 2.12. The first-order chi connectivity index (χ1) is 7.51. The number of halogens is 3. The Morgan fingerprint density at radius 3 is 2.44 bits per heavy atom. The molecule has 2 nitrogen and oxygen atoms in total. The molecule has 0 amide bonds. The average Bonchev–Trinajstić information content (AvgIpc) is 2.63. The lowest BCUT2D eigenvalue weighted by atomic mass is 10.0. The smallest absolute Gasteiger partial charge is 0.258 e. The zero-order valence-electron chi connectivity index (χ0n) is 8.67. The Morgan fingerprint density at radius 1 is 1.31 bits per heavy atom. The summed E-state index contributed by atoms with van der Waals surface area (Å²) >= 11 is 5.76. The Labute approximate surface area is 98.0 Å². The molecule has 1 saturated heterocycles. The van der Waals surface area contributed by atoms with Crippen LogP contribution in [0.1, 0.15) is 6.42 Å². The number of anilines is 1. The van der Waals surface area contributed by atoms with E-state index in [1.807, 2.05) is 17.0 Å². The molecule has 5 heteroatoms. The number of hydrogen-bond acceptors (Lipinski definition) is 2. The lowest BCUT2D eigenvalue weighted by Crippen LogP contribution is -2.49. The maximum absolute atomic E-state index is 12.7. The fourth-order valence-corrected chi connectivity index (χ4v) is 2.03. The van der Waals surface area contributed by atoms with Crippen LogP contribution in [-0.2, 0) is 0 Å². The van der Waals surface area contributed by atoms with E-state index in [1.54, 1.807) is 12.1 Å². The van der Waals surface area contributed by atoms with E-state index in [2.05, 4.69) is 0 Å². The van der Waals surface area contributed by atoms with Crippen LogP contribution in [0.4, 0.5) is 14.5 Å². The summed E-state index contributed by atoms with van der Waals surface area (Å²) in [6.07, 6.45) is -2.17. The highest BCUT2D eigenvalue weighted by molar-refractivity contribution is 6.30. The van der Waals surface area contributed by atoms with E-state index in [9.17, 15) is 8.78 Å². The number of nitrogens with zero attached hydrogens (tertiary/aromatic N) is 1. The lowest BCUT2D eigenvalue weighted by Gasteiger charge is -2.24. The highest BCUT2D eigenvalue weighted by Gasteiger charge is 2.42. The third-order valence-electron chi connectivity index (χ3n) is 2.96. The van der Waals surface area contributed by atoms with Gasteiger partial charge in [0.1, 0.15) is 0 Å². The second-order valence-electron chi connectivity index (χ2n) is 4.18. The predicted octanol–water partition coefficient (Wildman–Crippen LogP) is 2.51. The van der Waals surface area contributed by atoms with Gasteiger partial charge in [-0.25, -0.2) is 8.78 Å². The quantitative estimate of drug-likeness (QED) is 0.869. The number of alkyl halides is 2. The molecule has 2 rings (SSSR count). The molecule has 0 aliphatic carbocycles. The van der Waals surface area contributed by atoms with Crippen LogP contribution in [0, 0.1) is 0 Å². The van der Waals surface area contributed by atoms with Crippen molar-refractivity contribution in [2.45, 2.75) is 18.4 Å². The van der Waals surface area contributed by atoms with Gasteiger partial charge in [0.2, 0.25) is 0 Å². The summed E-state index contributed by atoms with van der Waals surface area (Å²) in [5.41, 5.74) is 5.15. The maximum atomic E-state index is 12.7. The van der Waals surface area contributed by atoms with Crippen LogP contribution in [0.15, 0.2) is 24.3 Å². The third kappa shape index (κ3) is 2.13. The molecular formula is C11H13ClF2N2. The maximum Gasteiger partial charge on any atom is 0.258 e. The number of rotatable bonds is 2. The monoisotopic (exact) mass is 246 g/mol. The number of hydrogen-bond donors (Lipinski definition) is 1. The minimum Gasteiger partial charge on any atom is -0.369 e. The van der Waals surface area contributed by atoms with Gasteiger partial charge in [-0.2, -0.15) is 0 Å². The summed E-state index contributed by atoms with van der Waals surface area (Å²) in [5, 5.41) is 0.635. The Bertz CT molecular complexity index is 369. The van der Waals surface area contributed by atoms with E-state index in [1.165, 1.54) is 0 Å². The molecule has 1 aliphatic rings. The molecule has 1 unspecified atom stereocenters. The van der Waals surface area contributed by atoms with Crippen LogP contribution < -0.4 is 10.6 Å². The van der Waals surface area contributed by atoms with Crippen molar-refractivity contribution in [3.63, 3.8) is 0 Å². The van der Waals surface area contributed by atoms with Crippen molar-refractivity contribution < 1.29 is 8.78 Å². The molecule has 1 aromatic rings. The van der Waals surface area contributed by atoms with E-state index in [0.717, 1.165) is 5.69 Å². The van der Waals surface area contributed by atoms with E-state index in [4.69, 9.17) is 17.3 Å². The van der Waals surface area contributed by atoms with Crippen molar-refractivity contribution in [3.05, 3.63) is 29.3 Å². The summed E-state index contributed by atoms with van der Waals surface area (Å²) < 4.78 is 25.4. The fraction of sp³-hybridized carbons (Fsp3) is 0.455. The van der Waals surface area contributed by atoms with Crippen molar-refractivity contribution in [3.8, 4) is 0 Å². The van der Waals surface area contributed by atoms with Gasteiger partial charge < -0.3 is 10.6 Å². The molecule has 1 fully saturated rings. The molecule has 0 bridgehead atoms. The van der Waals surface area contributed by atoms with Gasteiger partial charge in [0.25, 0.3) is 6.43 Å². The summed E-state index contributed by atoms with van der Waals surface area (Å²) in [6.45, 7) is 0.745. The molecule has 1 heterocycles. The topological polar surface area (TPSA) is 29.3 Å². The molecule has 1 aromatic carbocycles.